The minimum Gasteiger partial charge on any atom is -0.361 e. The molecule has 3 amide bonds. The van der Waals surface area contributed by atoms with Crippen LogP contribution in [0.15, 0.2) is 0 Å². The number of nitrogens with zero attached hydrogens (tertiary/aromatic N) is 1. The summed E-state index contributed by atoms with van der Waals surface area (Å²) >= 11 is 0. The van der Waals surface area contributed by atoms with Gasteiger partial charge in [0.15, 0.2) is 0 Å². The third-order valence-corrected chi connectivity index (χ3v) is 7.61. The number of ether oxygens (including phenoxy) is 1. The van der Waals surface area contributed by atoms with Crippen LogP contribution in [0.25, 0.3) is 0 Å². The summed E-state index contributed by atoms with van der Waals surface area (Å²) in [6, 6.07) is 1.04. The Balaban J connectivity index is 1.52. The second kappa shape index (κ2) is 6.11. The van der Waals surface area contributed by atoms with Crippen LogP contribution in [0.2, 0.25) is 25.7 Å². The molecule has 2 saturated carbocycles. The van der Waals surface area contributed by atoms with Crippen molar-refractivity contribution in [2.45, 2.75) is 75.8 Å². The third kappa shape index (κ3) is 3.39. The van der Waals surface area contributed by atoms with Crippen LogP contribution >= 0.6 is 0 Å². The van der Waals surface area contributed by atoms with Gasteiger partial charge in [0.25, 0.3) is 5.91 Å². The fourth-order valence-corrected chi connectivity index (χ4v) is 5.16. The van der Waals surface area contributed by atoms with E-state index in [9.17, 15) is 9.59 Å². The van der Waals surface area contributed by atoms with E-state index in [2.05, 4.69) is 25.0 Å². The molecule has 3 aliphatic rings. The van der Waals surface area contributed by atoms with Gasteiger partial charge in [0.2, 0.25) is 0 Å². The van der Waals surface area contributed by atoms with Crippen LogP contribution < -0.4 is 11.1 Å². The second-order valence-corrected chi connectivity index (χ2v) is 14.9. The summed E-state index contributed by atoms with van der Waals surface area (Å²) in [7, 11) is -1.16. The van der Waals surface area contributed by atoms with E-state index in [0.717, 1.165) is 44.6 Å². The van der Waals surface area contributed by atoms with Crippen LogP contribution in [0.4, 0.5) is 4.79 Å². The zero-order valence-corrected chi connectivity index (χ0v) is 16.2. The molecule has 0 aromatic carbocycles. The van der Waals surface area contributed by atoms with E-state index >= 15 is 0 Å². The van der Waals surface area contributed by atoms with E-state index in [1.165, 1.54) is 4.90 Å². The Kier molecular flexibility index (Phi) is 4.55. The first-order valence-corrected chi connectivity index (χ1v) is 12.8. The van der Waals surface area contributed by atoms with Crippen LogP contribution in [0.3, 0.4) is 0 Å². The first kappa shape index (κ1) is 17.9. The van der Waals surface area contributed by atoms with E-state index < -0.39 is 13.6 Å². The number of carbonyl (C=O) groups is 2. The Bertz CT molecular complexity index is 516. The number of hydrogen-bond donors (Lipinski definition) is 2. The predicted molar refractivity (Wildman–Crippen MR) is 95.2 cm³/mol. The molecule has 3 N–H and O–H groups in total. The minimum absolute atomic E-state index is 0.0781. The maximum Gasteiger partial charge on any atom is 0.326 e. The SMILES string of the molecule is C[Si](C)(C)CCOCN1C(=O)NC2(CC3(CCC(N)CC3)C2)C1=O. The molecule has 136 valence electrons. The average molecular weight is 354 g/mol. The highest BCUT2D eigenvalue weighted by atomic mass is 28.3. The van der Waals surface area contributed by atoms with Gasteiger partial charge >= 0.3 is 6.03 Å². The van der Waals surface area contributed by atoms with Crippen molar-refractivity contribution in [1.29, 1.82) is 0 Å². The standard InChI is InChI=1S/C17H31N3O3Si/c1-24(2,3)9-8-23-12-20-14(21)17(19-15(20)22)10-16(11-17)6-4-13(18)5-7-16/h13H,4-12,18H2,1-3H3,(H,19,22). The van der Waals surface area contributed by atoms with Gasteiger partial charge in [-0.15, -0.1) is 0 Å². The average Bonchev–Trinajstić information content (AvgIpc) is 2.69. The molecule has 3 rings (SSSR count). The van der Waals surface area contributed by atoms with Crippen LogP contribution in [0.5, 0.6) is 0 Å². The van der Waals surface area contributed by atoms with Gasteiger partial charge in [0.05, 0.1) is 0 Å². The fraction of sp³-hybridized carbons (Fsp3) is 0.882. The molecule has 7 heteroatoms. The highest BCUT2D eigenvalue weighted by molar-refractivity contribution is 6.76. The lowest BCUT2D eigenvalue weighted by Gasteiger charge is -2.55. The highest BCUT2D eigenvalue weighted by Crippen LogP contribution is 2.58. The van der Waals surface area contributed by atoms with Gasteiger partial charge < -0.3 is 15.8 Å². The number of nitrogens with two attached hydrogens (primary N) is 1. The number of carbonyl (C=O) groups excluding carboxylic acids is 2. The van der Waals surface area contributed by atoms with E-state index in [1.807, 2.05) is 0 Å². The van der Waals surface area contributed by atoms with Crippen molar-refractivity contribution in [3.05, 3.63) is 0 Å². The normalized spacial score (nSPS) is 36.3. The topological polar surface area (TPSA) is 84.7 Å². The monoisotopic (exact) mass is 353 g/mol. The highest BCUT2D eigenvalue weighted by Gasteiger charge is 2.64. The van der Waals surface area contributed by atoms with Crippen molar-refractivity contribution in [3.63, 3.8) is 0 Å². The molecular formula is C17H31N3O3Si. The third-order valence-electron chi connectivity index (χ3n) is 5.91. The Morgan fingerprint density at radius 1 is 1.25 bits per heavy atom. The molecule has 0 bridgehead atoms. The number of nitrogens with one attached hydrogen (secondary N) is 1. The van der Waals surface area contributed by atoms with Crippen molar-refractivity contribution in [1.82, 2.24) is 10.2 Å². The van der Waals surface area contributed by atoms with Crippen LogP contribution in [0.1, 0.15) is 38.5 Å². The van der Waals surface area contributed by atoms with Crippen LogP contribution in [-0.4, -0.2) is 49.8 Å². The maximum absolute atomic E-state index is 12.7. The Morgan fingerprint density at radius 3 is 2.46 bits per heavy atom. The molecule has 2 spiro atoms. The maximum atomic E-state index is 12.7. The summed E-state index contributed by atoms with van der Waals surface area (Å²) in [5, 5.41) is 2.94. The first-order chi connectivity index (χ1) is 11.1. The second-order valence-electron chi connectivity index (χ2n) is 9.28. The molecule has 0 aromatic heterocycles. The Morgan fingerprint density at radius 2 is 1.88 bits per heavy atom. The minimum atomic E-state index is -1.16. The lowest BCUT2D eigenvalue weighted by molar-refractivity contribution is -0.145. The molecule has 0 radical (unpaired) electrons. The number of imide groups is 1. The van der Waals surface area contributed by atoms with Gasteiger partial charge in [-0.2, -0.15) is 0 Å². The number of urea groups is 1. The predicted octanol–water partition coefficient (Wildman–Crippen LogP) is 2.27. The van der Waals surface area contributed by atoms with Crippen molar-refractivity contribution in [2.24, 2.45) is 11.1 Å². The molecule has 0 atom stereocenters. The molecule has 6 nitrogen and oxygen atoms in total. The lowest BCUT2D eigenvalue weighted by atomic mass is 9.51. The van der Waals surface area contributed by atoms with E-state index in [0.29, 0.717) is 12.6 Å². The summed E-state index contributed by atoms with van der Waals surface area (Å²) < 4.78 is 5.61. The molecule has 24 heavy (non-hydrogen) atoms. The largest absolute Gasteiger partial charge is 0.361 e. The van der Waals surface area contributed by atoms with Crippen LogP contribution in [-0.2, 0) is 9.53 Å². The van der Waals surface area contributed by atoms with Gasteiger partial charge in [-0.1, -0.05) is 19.6 Å². The van der Waals surface area contributed by atoms with Crippen LogP contribution in [0, 0.1) is 5.41 Å². The molecule has 2 aliphatic carbocycles. The fourth-order valence-electron chi connectivity index (χ4n) is 4.40. The molecule has 1 aliphatic heterocycles. The van der Waals surface area contributed by atoms with Gasteiger partial charge in [-0.05, 0) is 50.0 Å². The number of amides is 3. The number of rotatable bonds is 5. The van der Waals surface area contributed by atoms with E-state index in [4.69, 9.17) is 10.5 Å². The molecule has 0 unspecified atom stereocenters. The van der Waals surface area contributed by atoms with Crippen molar-refractivity contribution >= 4 is 20.0 Å². The van der Waals surface area contributed by atoms with Gasteiger partial charge in [0, 0.05) is 20.7 Å². The van der Waals surface area contributed by atoms with Crippen molar-refractivity contribution in [3.8, 4) is 0 Å². The Labute approximate surface area is 145 Å². The summed E-state index contributed by atoms with van der Waals surface area (Å²) in [6.07, 6.45) is 5.74. The molecule has 3 fully saturated rings. The van der Waals surface area contributed by atoms with Crippen molar-refractivity contribution < 1.29 is 14.3 Å². The first-order valence-electron chi connectivity index (χ1n) is 9.12. The van der Waals surface area contributed by atoms with Crippen molar-refractivity contribution in [2.75, 3.05) is 13.3 Å². The van der Waals surface area contributed by atoms with Gasteiger partial charge in [-0.3, -0.25) is 4.79 Å². The summed E-state index contributed by atoms with van der Waals surface area (Å²) in [6.45, 7) is 7.53. The summed E-state index contributed by atoms with van der Waals surface area (Å²) in [4.78, 5) is 26.2. The molecule has 0 aromatic rings. The number of hydrogen-bond acceptors (Lipinski definition) is 4. The Hall–Kier alpha value is -0.923. The zero-order valence-electron chi connectivity index (χ0n) is 15.2. The van der Waals surface area contributed by atoms with E-state index in [1.54, 1.807) is 0 Å². The van der Waals surface area contributed by atoms with Gasteiger partial charge in [0.1, 0.15) is 12.3 Å². The molecule has 1 heterocycles. The zero-order chi connectivity index (χ0) is 17.6. The molecule has 1 saturated heterocycles. The van der Waals surface area contributed by atoms with Gasteiger partial charge in [-0.25, -0.2) is 9.69 Å². The summed E-state index contributed by atoms with van der Waals surface area (Å²) in [5.41, 5.74) is 5.54. The van der Waals surface area contributed by atoms with E-state index in [-0.39, 0.29) is 24.1 Å². The quantitative estimate of drug-likeness (QED) is 0.451. The smallest absolute Gasteiger partial charge is 0.326 e. The summed E-state index contributed by atoms with van der Waals surface area (Å²) in [5.74, 6) is -0.0963. The molecular weight excluding hydrogens is 322 g/mol. The lowest BCUT2D eigenvalue weighted by Crippen LogP contribution is -2.63.